The molecule has 0 amide bonds. The Labute approximate surface area is 112 Å². The fourth-order valence-electron chi connectivity index (χ4n) is 1.95. The van der Waals surface area contributed by atoms with Gasteiger partial charge in [0.2, 0.25) is 5.76 Å². The van der Waals surface area contributed by atoms with Crippen molar-refractivity contribution >= 4 is 5.97 Å². The quantitative estimate of drug-likeness (QED) is 0.857. The van der Waals surface area contributed by atoms with Gasteiger partial charge in [-0.05, 0) is 17.7 Å². The van der Waals surface area contributed by atoms with Crippen LogP contribution in [-0.2, 0) is 4.74 Å². The van der Waals surface area contributed by atoms with E-state index < -0.39 is 5.97 Å². The van der Waals surface area contributed by atoms with E-state index in [9.17, 15) is 4.79 Å². The number of carbonyl (C=O) groups excluding carboxylic acids is 1. The van der Waals surface area contributed by atoms with Gasteiger partial charge in [0.1, 0.15) is 5.76 Å². The van der Waals surface area contributed by atoms with Gasteiger partial charge in [-0.2, -0.15) is 0 Å². The lowest BCUT2D eigenvalue weighted by Crippen LogP contribution is -2.17. The molecule has 1 heterocycles. The van der Waals surface area contributed by atoms with Gasteiger partial charge in [0, 0.05) is 5.92 Å². The maximum absolute atomic E-state index is 11.3. The van der Waals surface area contributed by atoms with Crippen molar-refractivity contribution in [2.75, 3.05) is 7.11 Å². The van der Waals surface area contributed by atoms with E-state index in [4.69, 9.17) is 10.2 Å². The number of benzene rings is 1. The zero-order chi connectivity index (χ0) is 13.8. The summed E-state index contributed by atoms with van der Waals surface area (Å²) >= 11 is 0. The molecule has 0 saturated carbocycles. The van der Waals surface area contributed by atoms with Crippen LogP contribution in [0.4, 0.5) is 0 Å². The lowest BCUT2D eigenvalue weighted by Gasteiger charge is -2.18. The summed E-state index contributed by atoms with van der Waals surface area (Å²) in [5, 5.41) is 0. The third-order valence-corrected chi connectivity index (χ3v) is 3.21. The second kappa shape index (κ2) is 5.71. The van der Waals surface area contributed by atoms with Gasteiger partial charge in [-0.25, -0.2) is 4.79 Å². The van der Waals surface area contributed by atoms with E-state index in [0.29, 0.717) is 5.76 Å². The number of rotatable bonds is 4. The van der Waals surface area contributed by atoms with Crippen LogP contribution in [0.5, 0.6) is 0 Å². The van der Waals surface area contributed by atoms with E-state index in [0.717, 1.165) is 5.56 Å². The fourth-order valence-corrected chi connectivity index (χ4v) is 1.95. The third-order valence-electron chi connectivity index (χ3n) is 3.21. The molecule has 4 heteroatoms. The van der Waals surface area contributed by atoms with Crippen LogP contribution in [0.15, 0.2) is 46.9 Å². The molecule has 4 nitrogen and oxygen atoms in total. The second-order valence-corrected chi connectivity index (χ2v) is 4.42. The molecule has 0 aliphatic heterocycles. The summed E-state index contributed by atoms with van der Waals surface area (Å²) in [6.45, 7) is 2.03. The Bertz CT molecular complexity index is 548. The molecule has 1 aromatic heterocycles. The van der Waals surface area contributed by atoms with Crippen molar-refractivity contribution in [3.05, 3.63) is 59.5 Å². The average molecular weight is 259 g/mol. The molecule has 0 aliphatic carbocycles. The van der Waals surface area contributed by atoms with E-state index in [1.54, 1.807) is 12.1 Å². The smallest absolute Gasteiger partial charge is 0.373 e. The van der Waals surface area contributed by atoms with Crippen molar-refractivity contribution in [2.45, 2.75) is 18.9 Å². The summed E-state index contributed by atoms with van der Waals surface area (Å²) in [4.78, 5) is 11.3. The molecule has 0 fully saturated rings. The molecule has 2 atom stereocenters. The molecular formula is C15H17NO3. The topological polar surface area (TPSA) is 65.5 Å². The molecule has 0 aliphatic rings. The summed E-state index contributed by atoms with van der Waals surface area (Å²) in [6, 6.07) is 12.9. The molecular weight excluding hydrogens is 242 g/mol. The predicted octanol–water partition coefficient (Wildman–Crippen LogP) is 2.87. The first kappa shape index (κ1) is 13.4. The molecule has 0 bridgehead atoms. The Balaban J connectivity index is 2.17. The van der Waals surface area contributed by atoms with Crippen LogP contribution in [-0.4, -0.2) is 13.1 Å². The lowest BCUT2D eigenvalue weighted by molar-refractivity contribution is 0.0562. The Morgan fingerprint density at radius 1 is 1.21 bits per heavy atom. The van der Waals surface area contributed by atoms with Crippen LogP contribution in [0.3, 0.4) is 0 Å². The highest BCUT2D eigenvalue weighted by molar-refractivity contribution is 5.86. The van der Waals surface area contributed by atoms with Crippen LogP contribution in [0, 0.1) is 0 Å². The normalized spacial score (nSPS) is 13.8. The summed E-state index contributed by atoms with van der Waals surface area (Å²) < 4.78 is 10.0. The van der Waals surface area contributed by atoms with Crippen LogP contribution in [0.1, 0.15) is 40.8 Å². The highest BCUT2D eigenvalue weighted by Gasteiger charge is 2.21. The van der Waals surface area contributed by atoms with E-state index in [1.807, 2.05) is 37.3 Å². The van der Waals surface area contributed by atoms with Crippen molar-refractivity contribution in [2.24, 2.45) is 5.73 Å². The van der Waals surface area contributed by atoms with Gasteiger partial charge in [0.05, 0.1) is 13.2 Å². The second-order valence-electron chi connectivity index (χ2n) is 4.42. The Hall–Kier alpha value is -2.07. The van der Waals surface area contributed by atoms with E-state index in [2.05, 4.69) is 4.74 Å². The van der Waals surface area contributed by atoms with Gasteiger partial charge < -0.3 is 14.9 Å². The van der Waals surface area contributed by atoms with Crippen LogP contribution >= 0.6 is 0 Å². The number of esters is 1. The van der Waals surface area contributed by atoms with Crippen molar-refractivity contribution in [3.8, 4) is 0 Å². The summed E-state index contributed by atoms with van der Waals surface area (Å²) in [5.74, 6) is 0.355. The average Bonchev–Trinajstić information content (AvgIpc) is 2.95. The van der Waals surface area contributed by atoms with Crippen LogP contribution in [0.2, 0.25) is 0 Å². The van der Waals surface area contributed by atoms with Crippen LogP contribution in [0.25, 0.3) is 0 Å². The number of ether oxygens (including phenoxy) is 1. The van der Waals surface area contributed by atoms with Gasteiger partial charge in [-0.1, -0.05) is 37.3 Å². The Morgan fingerprint density at radius 3 is 2.53 bits per heavy atom. The van der Waals surface area contributed by atoms with Crippen molar-refractivity contribution in [3.63, 3.8) is 0 Å². The molecule has 100 valence electrons. The standard InChI is InChI=1S/C15H17NO3/c1-10(11-6-4-3-5-7-11)14(16)12-8-9-13(19-12)15(17)18-2/h3-10,14H,16H2,1-2H3. The number of carbonyl (C=O) groups is 1. The summed E-state index contributed by atoms with van der Waals surface area (Å²) in [5.41, 5.74) is 7.31. The first-order valence-corrected chi connectivity index (χ1v) is 6.12. The highest BCUT2D eigenvalue weighted by atomic mass is 16.5. The number of nitrogens with two attached hydrogens (primary N) is 1. The number of hydrogen-bond acceptors (Lipinski definition) is 4. The minimum Gasteiger partial charge on any atom is -0.463 e. The predicted molar refractivity (Wildman–Crippen MR) is 71.8 cm³/mol. The SMILES string of the molecule is COC(=O)c1ccc(C(N)C(C)c2ccccc2)o1. The lowest BCUT2D eigenvalue weighted by atomic mass is 9.92. The van der Waals surface area contributed by atoms with Crippen molar-refractivity contribution in [1.82, 2.24) is 0 Å². The van der Waals surface area contributed by atoms with Gasteiger partial charge in [0.15, 0.2) is 0 Å². The number of hydrogen-bond donors (Lipinski definition) is 1. The number of furan rings is 1. The fraction of sp³-hybridized carbons (Fsp3) is 0.267. The maximum atomic E-state index is 11.3. The Kier molecular flexibility index (Phi) is 4.02. The monoisotopic (exact) mass is 259 g/mol. The maximum Gasteiger partial charge on any atom is 0.373 e. The third kappa shape index (κ3) is 2.85. The van der Waals surface area contributed by atoms with Crippen molar-refractivity contribution < 1.29 is 13.9 Å². The number of methoxy groups -OCH3 is 1. The zero-order valence-corrected chi connectivity index (χ0v) is 11.0. The first-order chi connectivity index (χ1) is 9.13. The molecule has 2 N–H and O–H groups in total. The minimum absolute atomic E-state index is 0.0952. The van der Waals surface area contributed by atoms with Gasteiger partial charge in [0.25, 0.3) is 0 Å². The van der Waals surface area contributed by atoms with E-state index >= 15 is 0 Å². The Morgan fingerprint density at radius 2 is 1.89 bits per heavy atom. The van der Waals surface area contributed by atoms with E-state index in [1.165, 1.54) is 7.11 Å². The largest absolute Gasteiger partial charge is 0.463 e. The molecule has 0 radical (unpaired) electrons. The molecule has 0 spiro atoms. The van der Waals surface area contributed by atoms with Crippen molar-refractivity contribution in [1.29, 1.82) is 0 Å². The summed E-state index contributed by atoms with van der Waals surface area (Å²) in [7, 11) is 1.32. The van der Waals surface area contributed by atoms with Gasteiger partial charge in [-0.3, -0.25) is 0 Å². The molecule has 0 saturated heterocycles. The summed E-state index contributed by atoms with van der Waals surface area (Å²) in [6.07, 6.45) is 0. The zero-order valence-electron chi connectivity index (χ0n) is 11.0. The molecule has 2 unspecified atom stereocenters. The van der Waals surface area contributed by atoms with Gasteiger partial charge in [-0.15, -0.1) is 0 Å². The van der Waals surface area contributed by atoms with Crippen LogP contribution < -0.4 is 5.73 Å². The molecule has 2 rings (SSSR count). The molecule has 2 aromatic rings. The van der Waals surface area contributed by atoms with Gasteiger partial charge >= 0.3 is 5.97 Å². The van der Waals surface area contributed by atoms with E-state index in [-0.39, 0.29) is 17.7 Å². The first-order valence-electron chi connectivity index (χ1n) is 6.12. The molecule has 1 aromatic carbocycles. The highest BCUT2D eigenvalue weighted by Crippen LogP contribution is 2.29. The molecule has 19 heavy (non-hydrogen) atoms. The minimum atomic E-state index is -0.495.